The van der Waals surface area contributed by atoms with Gasteiger partial charge in [0.2, 0.25) is 0 Å². The molecule has 0 heterocycles. The molecule has 1 atom stereocenters. The number of hydrogen-bond acceptors (Lipinski definition) is 2. The summed E-state index contributed by atoms with van der Waals surface area (Å²) in [6.07, 6.45) is -2.98. The number of carboxylic acid groups (broad SMARTS) is 1. The van der Waals surface area contributed by atoms with Crippen LogP contribution in [-0.4, -0.2) is 23.1 Å². The molecule has 0 radical (unpaired) electrons. The van der Waals surface area contributed by atoms with Gasteiger partial charge in [0.15, 0.2) is 0 Å². The van der Waals surface area contributed by atoms with Crippen molar-refractivity contribution in [3.63, 3.8) is 0 Å². The van der Waals surface area contributed by atoms with Crippen LogP contribution in [0.2, 0.25) is 0 Å². The van der Waals surface area contributed by atoms with E-state index in [1.807, 2.05) is 0 Å². The Bertz CT molecular complexity index is 539. The molecule has 0 bridgehead atoms. The van der Waals surface area contributed by atoms with Crippen molar-refractivity contribution in [1.29, 1.82) is 0 Å². The summed E-state index contributed by atoms with van der Waals surface area (Å²) in [6.45, 7) is 0. The molecule has 0 spiro atoms. The lowest BCUT2D eigenvalue weighted by atomic mass is 10.2. The predicted octanol–water partition coefficient (Wildman–Crippen LogP) is 2.69. The number of carbonyl (C=O) groups excluding carboxylic acids is 1. The van der Waals surface area contributed by atoms with Gasteiger partial charge in [0.1, 0.15) is 6.04 Å². The topological polar surface area (TPSA) is 78.4 Å². The van der Waals surface area contributed by atoms with Gasteiger partial charge in [0.25, 0.3) is 0 Å². The summed E-state index contributed by atoms with van der Waals surface area (Å²) in [7, 11) is 0. The van der Waals surface area contributed by atoms with Crippen LogP contribution in [-0.2, 0) is 11.0 Å². The highest BCUT2D eigenvalue weighted by Crippen LogP contribution is 2.33. The minimum Gasteiger partial charge on any atom is -0.480 e. The van der Waals surface area contributed by atoms with Gasteiger partial charge in [0, 0.05) is 5.69 Å². The third-order valence-electron chi connectivity index (χ3n) is 3.12. The first kappa shape index (κ1) is 15.1. The van der Waals surface area contributed by atoms with Gasteiger partial charge in [-0.2, -0.15) is 13.2 Å². The minimum atomic E-state index is -4.44. The molecule has 1 aliphatic carbocycles. The first-order valence-electron chi connectivity index (χ1n) is 6.25. The Balaban J connectivity index is 1.94. The molecule has 21 heavy (non-hydrogen) atoms. The molecule has 1 aromatic rings. The summed E-state index contributed by atoms with van der Waals surface area (Å²) in [4.78, 5) is 22.6. The zero-order chi connectivity index (χ0) is 15.6. The Morgan fingerprint density at radius 3 is 2.19 bits per heavy atom. The highest BCUT2D eigenvalue weighted by molar-refractivity contribution is 5.92. The quantitative estimate of drug-likeness (QED) is 0.800. The van der Waals surface area contributed by atoms with Crippen LogP contribution in [0, 0.1) is 5.92 Å². The molecule has 2 amide bonds. The van der Waals surface area contributed by atoms with E-state index in [0.29, 0.717) is 0 Å². The SMILES string of the molecule is O=C(Nc1ccc(C(F)(F)F)cc1)NC(C(=O)O)C1CC1. The molecule has 1 aromatic carbocycles. The van der Waals surface area contributed by atoms with Crippen molar-refractivity contribution in [3.05, 3.63) is 29.8 Å². The molecule has 2 rings (SSSR count). The van der Waals surface area contributed by atoms with Gasteiger partial charge in [-0.15, -0.1) is 0 Å². The van der Waals surface area contributed by atoms with E-state index in [9.17, 15) is 22.8 Å². The molecule has 114 valence electrons. The fourth-order valence-electron chi connectivity index (χ4n) is 1.86. The second-order valence-electron chi connectivity index (χ2n) is 4.83. The van der Waals surface area contributed by atoms with E-state index in [-0.39, 0.29) is 11.6 Å². The zero-order valence-corrected chi connectivity index (χ0v) is 10.8. The number of carbonyl (C=O) groups is 2. The lowest BCUT2D eigenvalue weighted by Crippen LogP contribution is -2.44. The van der Waals surface area contributed by atoms with Crippen LogP contribution in [0.5, 0.6) is 0 Å². The number of alkyl halides is 3. The molecule has 0 saturated heterocycles. The lowest BCUT2D eigenvalue weighted by molar-refractivity contribution is -0.140. The second kappa shape index (κ2) is 5.63. The minimum absolute atomic E-state index is 0.0825. The Labute approximate surface area is 118 Å². The Morgan fingerprint density at radius 1 is 1.19 bits per heavy atom. The summed E-state index contributed by atoms with van der Waals surface area (Å²) in [5.41, 5.74) is -0.671. The van der Waals surface area contributed by atoms with E-state index in [0.717, 1.165) is 37.1 Å². The van der Waals surface area contributed by atoms with Gasteiger partial charge in [-0.1, -0.05) is 0 Å². The van der Waals surface area contributed by atoms with Crippen LogP contribution >= 0.6 is 0 Å². The maximum absolute atomic E-state index is 12.4. The van der Waals surface area contributed by atoms with Crippen molar-refractivity contribution in [1.82, 2.24) is 5.32 Å². The largest absolute Gasteiger partial charge is 0.480 e. The first-order chi connectivity index (χ1) is 9.77. The maximum atomic E-state index is 12.4. The van der Waals surface area contributed by atoms with Crippen LogP contribution in [0.25, 0.3) is 0 Å². The number of benzene rings is 1. The molecular formula is C13H13F3N2O3. The third kappa shape index (κ3) is 4.11. The van der Waals surface area contributed by atoms with Gasteiger partial charge in [-0.25, -0.2) is 9.59 Å². The molecule has 5 nitrogen and oxygen atoms in total. The van der Waals surface area contributed by atoms with Crippen molar-refractivity contribution in [2.45, 2.75) is 25.1 Å². The number of hydrogen-bond donors (Lipinski definition) is 3. The van der Waals surface area contributed by atoms with Gasteiger partial charge < -0.3 is 15.7 Å². The molecule has 8 heteroatoms. The third-order valence-corrected chi connectivity index (χ3v) is 3.12. The van der Waals surface area contributed by atoms with Crippen LogP contribution in [0.4, 0.5) is 23.7 Å². The monoisotopic (exact) mass is 302 g/mol. The van der Waals surface area contributed by atoms with E-state index in [2.05, 4.69) is 10.6 Å². The van der Waals surface area contributed by atoms with Crippen LogP contribution in [0.15, 0.2) is 24.3 Å². The second-order valence-corrected chi connectivity index (χ2v) is 4.83. The van der Waals surface area contributed by atoms with Gasteiger partial charge >= 0.3 is 18.2 Å². The van der Waals surface area contributed by atoms with E-state index >= 15 is 0 Å². The summed E-state index contributed by atoms with van der Waals surface area (Å²) >= 11 is 0. The van der Waals surface area contributed by atoms with Gasteiger partial charge in [-0.3, -0.25) is 0 Å². The molecule has 1 aliphatic rings. The molecule has 0 aliphatic heterocycles. The molecular weight excluding hydrogens is 289 g/mol. The van der Waals surface area contributed by atoms with E-state index in [4.69, 9.17) is 5.11 Å². The van der Waals surface area contributed by atoms with Crippen LogP contribution in [0.1, 0.15) is 18.4 Å². The van der Waals surface area contributed by atoms with Gasteiger partial charge in [0.05, 0.1) is 5.56 Å². The van der Waals surface area contributed by atoms with Crippen molar-refractivity contribution in [2.24, 2.45) is 5.92 Å². The summed E-state index contributed by atoms with van der Waals surface area (Å²) in [6, 6.07) is 2.16. The van der Waals surface area contributed by atoms with E-state index < -0.39 is 29.8 Å². The molecule has 1 fully saturated rings. The molecule has 3 N–H and O–H groups in total. The highest BCUT2D eigenvalue weighted by atomic mass is 19.4. The average Bonchev–Trinajstić information content (AvgIpc) is 3.19. The number of anilines is 1. The number of rotatable bonds is 4. The fraction of sp³-hybridized carbons (Fsp3) is 0.385. The number of carboxylic acids is 1. The standard InChI is InChI=1S/C13H13F3N2O3/c14-13(15,16)8-3-5-9(6-4-8)17-12(21)18-10(11(19)20)7-1-2-7/h3-7,10H,1-2H2,(H,19,20)(H2,17,18,21). The smallest absolute Gasteiger partial charge is 0.416 e. The Morgan fingerprint density at radius 2 is 1.76 bits per heavy atom. The predicted molar refractivity (Wildman–Crippen MR) is 67.7 cm³/mol. The fourth-order valence-corrected chi connectivity index (χ4v) is 1.86. The summed E-state index contributed by atoms with van der Waals surface area (Å²) in [5.74, 6) is -1.21. The lowest BCUT2D eigenvalue weighted by Gasteiger charge is -2.14. The van der Waals surface area contributed by atoms with Crippen molar-refractivity contribution >= 4 is 17.7 Å². The highest BCUT2D eigenvalue weighted by Gasteiger charge is 2.37. The average molecular weight is 302 g/mol. The number of aliphatic carboxylic acids is 1. The molecule has 1 saturated carbocycles. The first-order valence-corrected chi connectivity index (χ1v) is 6.25. The van der Waals surface area contributed by atoms with E-state index in [1.54, 1.807) is 0 Å². The number of nitrogens with one attached hydrogen (secondary N) is 2. The zero-order valence-electron chi connectivity index (χ0n) is 10.8. The Hall–Kier alpha value is -2.25. The van der Waals surface area contributed by atoms with Crippen molar-refractivity contribution in [3.8, 4) is 0 Å². The van der Waals surface area contributed by atoms with E-state index in [1.165, 1.54) is 0 Å². The van der Waals surface area contributed by atoms with Crippen LogP contribution < -0.4 is 10.6 Å². The van der Waals surface area contributed by atoms with Crippen molar-refractivity contribution < 1.29 is 27.9 Å². The number of urea groups is 1. The normalized spacial score (nSPS) is 16.1. The summed E-state index contributed by atoms with van der Waals surface area (Å²) < 4.78 is 37.1. The molecule has 0 aromatic heterocycles. The van der Waals surface area contributed by atoms with Gasteiger partial charge in [-0.05, 0) is 43.0 Å². The van der Waals surface area contributed by atoms with Crippen molar-refractivity contribution in [2.75, 3.05) is 5.32 Å². The number of halogens is 3. The number of amides is 2. The maximum Gasteiger partial charge on any atom is 0.416 e. The Kier molecular flexibility index (Phi) is 4.06. The molecule has 1 unspecified atom stereocenters. The van der Waals surface area contributed by atoms with Crippen LogP contribution in [0.3, 0.4) is 0 Å². The summed E-state index contributed by atoms with van der Waals surface area (Å²) in [5, 5.41) is 13.6.